The summed E-state index contributed by atoms with van der Waals surface area (Å²) in [6.07, 6.45) is 2.89. The van der Waals surface area contributed by atoms with E-state index >= 15 is 0 Å². The average molecular weight is 171 g/mol. The van der Waals surface area contributed by atoms with Gasteiger partial charge in [0.25, 0.3) is 0 Å². The van der Waals surface area contributed by atoms with E-state index in [0.717, 1.165) is 13.2 Å². The Balaban J connectivity index is 2.11. The maximum Gasteiger partial charge on any atom is 0.0714 e. The summed E-state index contributed by atoms with van der Waals surface area (Å²) in [4.78, 5) is 0. The van der Waals surface area contributed by atoms with Gasteiger partial charge in [-0.2, -0.15) is 0 Å². The van der Waals surface area contributed by atoms with Gasteiger partial charge in [0.05, 0.1) is 6.10 Å². The molecule has 2 atom stereocenters. The lowest BCUT2D eigenvalue weighted by Crippen LogP contribution is -2.21. The van der Waals surface area contributed by atoms with Crippen LogP contribution in [0.4, 0.5) is 0 Å². The second kappa shape index (κ2) is 4.83. The van der Waals surface area contributed by atoms with Crippen molar-refractivity contribution in [3.05, 3.63) is 0 Å². The van der Waals surface area contributed by atoms with E-state index in [1.807, 2.05) is 0 Å². The van der Waals surface area contributed by atoms with Crippen molar-refractivity contribution in [3.63, 3.8) is 0 Å². The minimum absolute atomic E-state index is 0.470. The molecule has 1 N–H and O–H groups in total. The summed E-state index contributed by atoms with van der Waals surface area (Å²) in [5, 5.41) is 3.46. The first-order valence-corrected chi connectivity index (χ1v) is 5.07. The van der Waals surface area contributed by atoms with E-state index in [9.17, 15) is 0 Å². The summed E-state index contributed by atoms with van der Waals surface area (Å²) >= 11 is 0. The Morgan fingerprint density at radius 3 is 2.75 bits per heavy atom. The van der Waals surface area contributed by atoms with Gasteiger partial charge < -0.3 is 10.1 Å². The zero-order valence-electron chi connectivity index (χ0n) is 8.47. The van der Waals surface area contributed by atoms with E-state index < -0.39 is 0 Å². The molecule has 1 rings (SSSR count). The van der Waals surface area contributed by atoms with Crippen molar-refractivity contribution in [2.45, 2.75) is 45.8 Å². The number of nitrogens with one attached hydrogen (secondary N) is 1. The third kappa shape index (κ3) is 3.11. The smallest absolute Gasteiger partial charge is 0.0714 e. The maximum absolute atomic E-state index is 5.73. The van der Waals surface area contributed by atoms with Gasteiger partial charge in [0, 0.05) is 19.2 Å². The van der Waals surface area contributed by atoms with Gasteiger partial charge >= 0.3 is 0 Å². The van der Waals surface area contributed by atoms with Crippen LogP contribution in [0.25, 0.3) is 0 Å². The fraction of sp³-hybridized carbons (Fsp3) is 1.00. The summed E-state index contributed by atoms with van der Waals surface area (Å²) in [5.74, 6) is 0.658. The molecule has 1 fully saturated rings. The first-order chi connectivity index (χ1) is 5.72. The van der Waals surface area contributed by atoms with E-state index in [4.69, 9.17) is 4.74 Å². The Labute approximate surface area is 75.7 Å². The zero-order valence-corrected chi connectivity index (χ0v) is 8.47. The largest absolute Gasteiger partial charge is 0.377 e. The fourth-order valence-electron chi connectivity index (χ4n) is 1.55. The predicted octanol–water partition coefficient (Wildman–Crippen LogP) is 1.80. The molecule has 0 aromatic rings. The minimum Gasteiger partial charge on any atom is -0.377 e. The molecule has 1 aliphatic rings. The summed E-state index contributed by atoms with van der Waals surface area (Å²) in [6.45, 7) is 8.57. The van der Waals surface area contributed by atoms with Crippen LogP contribution in [0.1, 0.15) is 33.6 Å². The monoisotopic (exact) mass is 171 g/mol. The number of hydrogen-bond donors (Lipinski definition) is 1. The van der Waals surface area contributed by atoms with Crippen LogP contribution in [0.5, 0.6) is 0 Å². The Bertz CT molecular complexity index is 125. The van der Waals surface area contributed by atoms with Crippen molar-refractivity contribution < 1.29 is 4.74 Å². The van der Waals surface area contributed by atoms with Crippen molar-refractivity contribution >= 4 is 0 Å². The molecule has 0 saturated carbocycles. The standard InChI is InChI=1S/C10H21NO/c1-4-9-5-10(6-11-9)12-7-8(2)3/h8-11H,4-7H2,1-3H3. The van der Waals surface area contributed by atoms with Crippen LogP contribution in [-0.4, -0.2) is 25.3 Å². The zero-order chi connectivity index (χ0) is 8.97. The number of rotatable bonds is 4. The first-order valence-electron chi connectivity index (χ1n) is 5.07. The highest BCUT2D eigenvalue weighted by atomic mass is 16.5. The molecule has 1 heterocycles. The predicted molar refractivity (Wildman–Crippen MR) is 51.3 cm³/mol. The number of ether oxygens (including phenoxy) is 1. The molecular weight excluding hydrogens is 150 g/mol. The topological polar surface area (TPSA) is 21.3 Å². The molecule has 0 radical (unpaired) electrons. The Morgan fingerprint density at radius 1 is 1.50 bits per heavy atom. The lowest BCUT2D eigenvalue weighted by molar-refractivity contribution is 0.0471. The molecule has 0 aliphatic carbocycles. The van der Waals surface area contributed by atoms with Crippen molar-refractivity contribution in [1.82, 2.24) is 5.32 Å². The van der Waals surface area contributed by atoms with Crippen LogP contribution in [0.15, 0.2) is 0 Å². The van der Waals surface area contributed by atoms with Crippen LogP contribution >= 0.6 is 0 Å². The molecule has 0 aromatic heterocycles. The van der Waals surface area contributed by atoms with Gasteiger partial charge in [-0.3, -0.25) is 0 Å². The van der Waals surface area contributed by atoms with E-state index in [2.05, 4.69) is 26.1 Å². The minimum atomic E-state index is 0.470. The van der Waals surface area contributed by atoms with Gasteiger partial charge in [-0.05, 0) is 18.8 Å². The Hall–Kier alpha value is -0.0800. The van der Waals surface area contributed by atoms with Crippen LogP contribution < -0.4 is 5.32 Å². The Kier molecular flexibility index (Phi) is 4.02. The third-order valence-electron chi connectivity index (χ3n) is 2.34. The van der Waals surface area contributed by atoms with Crippen molar-refractivity contribution in [1.29, 1.82) is 0 Å². The molecule has 0 bridgehead atoms. The molecule has 0 aromatic carbocycles. The van der Waals surface area contributed by atoms with Gasteiger partial charge in [0.1, 0.15) is 0 Å². The van der Waals surface area contributed by atoms with Crippen LogP contribution in [0, 0.1) is 5.92 Å². The highest BCUT2D eigenvalue weighted by Gasteiger charge is 2.22. The normalized spacial score (nSPS) is 30.0. The van der Waals surface area contributed by atoms with Gasteiger partial charge in [-0.15, -0.1) is 0 Å². The molecular formula is C10H21NO. The lowest BCUT2D eigenvalue weighted by Gasteiger charge is -2.12. The summed E-state index contributed by atoms with van der Waals surface area (Å²) in [5.41, 5.74) is 0. The van der Waals surface area contributed by atoms with Crippen molar-refractivity contribution in [3.8, 4) is 0 Å². The second-order valence-electron chi connectivity index (χ2n) is 4.10. The number of hydrogen-bond acceptors (Lipinski definition) is 2. The molecule has 2 nitrogen and oxygen atoms in total. The van der Waals surface area contributed by atoms with E-state index in [1.165, 1.54) is 12.8 Å². The summed E-state index contributed by atoms with van der Waals surface area (Å²) < 4.78 is 5.73. The van der Waals surface area contributed by atoms with Crippen molar-refractivity contribution in [2.75, 3.05) is 13.2 Å². The Morgan fingerprint density at radius 2 is 2.25 bits per heavy atom. The fourth-order valence-corrected chi connectivity index (χ4v) is 1.55. The van der Waals surface area contributed by atoms with Gasteiger partial charge in [-0.1, -0.05) is 20.8 Å². The molecule has 2 heteroatoms. The maximum atomic E-state index is 5.73. The molecule has 1 saturated heterocycles. The van der Waals surface area contributed by atoms with Gasteiger partial charge in [0.15, 0.2) is 0 Å². The third-order valence-corrected chi connectivity index (χ3v) is 2.34. The highest BCUT2D eigenvalue weighted by Crippen LogP contribution is 2.13. The van der Waals surface area contributed by atoms with Crippen LogP contribution in [0.3, 0.4) is 0 Å². The lowest BCUT2D eigenvalue weighted by atomic mass is 10.1. The van der Waals surface area contributed by atoms with E-state index in [0.29, 0.717) is 18.1 Å². The second-order valence-corrected chi connectivity index (χ2v) is 4.10. The molecule has 0 spiro atoms. The summed E-state index contributed by atoms with van der Waals surface area (Å²) in [6, 6.07) is 0.696. The highest BCUT2D eigenvalue weighted by molar-refractivity contribution is 4.81. The summed E-state index contributed by atoms with van der Waals surface area (Å²) in [7, 11) is 0. The van der Waals surface area contributed by atoms with E-state index in [-0.39, 0.29) is 0 Å². The average Bonchev–Trinajstić information content (AvgIpc) is 2.48. The molecule has 1 aliphatic heterocycles. The van der Waals surface area contributed by atoms with Crippen molar-refractivity contribution in [2.24, 2.45) is 5.92 Å². The van der Waals surface area contributed by atoms with Gasteiger partial charge in [-0.25, -0.2) is 0 Å². The van der Waals surface area contributed by atoms with Crippen LogP contribution in [-0.2, 0) is 4.74 Å². The molecule has 2 unspecified atom stereocenters. The molecule has 0 amide bonds. The first kappa shape index (κ1) is 10.0. The molecule has 12 heavy (non-hydrogen) atoms. The SMILES string of the molecule is CCC1CC(OCC(C)C)CN1. The van der Waals surface area contributed by atoms with Crippen LogP contribution in [0.2, 0.25) is 0 Å². The van der Waals surface area contributed by atoms with Gasteiger partial charge in [0.2, 0.25) is 0 Å². The quantitative estimate of drug-likeness (QED) is 0.696. The van der Waals surface area contributed by atoms with E-state index in [1.54, 1.807) is 0 Å². The molecule has 72 valence electrons.